The first-order valence-corrected chi connectivity index (χ1v) is 5.40. The molecule has 5 atom stereocenters. The highest BCUT2D eigenvalue weighted by atomic mass is 16.3. The van der Waals surface area contributed by atoms with Gasteiger partial charge in [-0.1, -0.05) is 0 Å². The van der Waals surface area contributed by atoms with E-state index in [1.54, 1.807) is 6.92 Å². The van der Waals surface area contributed by atoms with Crippen molar-refractivity contribution in [1.82, 2.24) is 0 Å². The number of carbonyl (C=O) groups excluding carboxylic acids is 1. The number of nitrogens with two attached hydrogens (primary N) is 1. The molecule has 14 heavy (non-hydrogen) atoms. The maximum atomic E-state index is 11.5. The molecule has 2 saturated carbocycles. The minimum absolute atomic E-state index is 0.0150. The molecule has 0 aliphatic heterocycles. The van der Waals surface area contributed by atoms with Crippen LogP contribution in [-0.4, -0.2) is 23.0 Å². The van der Waals surface area contributed by atoms with Crippen LogP contribution in [0.3, 0.4) is 0 Å². The molecule has 3 nitrogen and oxygen atoms in total. The third kappa shape index (κ3) is 1.39. The number of ketones is 1. The second-order valence-electron chi connectivity index (χ2n) is 5.18. The van der Waals surface area contributed by atoms with Crippen molar-refractivity contribution in [1.29, 1.82) is 0 Å². The third-order valence-corrected chi connectivity index (χ3v) is 4.13. The summed E-state index contributed by atoms with van der Waals surface area (Å²) in [6, 6.07) is 0. The van der Waals surface area contributed by atoms with Gasteiger partial charge in [-0.3, -0.25) is 4.79 Å². The molecule has 0 heterocycles. The zero-order valence-corrected chi connectivity index (χ0v) is 8.86. The Morgan fingerprint density at radius 3 is 2.79 bits per heavy atom. The van der Waals surface area contributed by atoms with Gasteiger partial charge in [-0.25, -0.2) is 0 Å². The Kier molecular flexibility index (Phi) is 2.20. The molecule has 3 heteroatoms. The molecule has 0 saturated heterocycles. The standard InChI is InChI=1S/C11H19NO2/c1-6(13)8-4-11(2,14)10-3-7(10)9(8)5-12/h7-10,14H,3-5,12H2,1-2H3/t7?,8?,9-,10?,11?/m0/s1. The molecule has 0 aromatic heterocycles. The second kappa shape index (κ2) is 3.04. The van der Waals surface area contributed by atoms with E-state index in [2.05, 4.69) is 0 Å². The predicted molar refractivity (Wildman–Crippen MR) is 53.6 cm³/mol. The molecule has 4 unspecified atom stereocenters. The van der Waals surface area contributed by atoms with Crippen LogP contribution in [0.4, 0.5) is 0 Å². The van der Waals surface area contributed by atoms with Crippen molar-refractivity contribution in [3.05, 3.63) is 0 Å². The van der Waals surface area contributed by atoms with E-state index >= 15 is 0 Å². The predicted octanol–water partition coefficient (Wildman–Crippen LogP) is 0.557. The normalized spacial score (nSPS) is 51.1. The summed E-state index contributed by atoms with van der Waals surface area (Å²) >= 11 is 0. The highest BCUT2D eigenvalue weighted by molar-refractivity contribution is 5.79. The van der Waals surface area contributed by atoms with Crippen LogP contribution in [0.25, 0.3) is 0 Å². The summed E-state index contributed by atoms with van der Waals surface area (Å²) in [5, 5.41) is 10.1. The molecular formula is C11H19NO2. The summed E-state index contributed by atoms with van der Waals surface area (Å²) in [7, 11) is 0. The van der Waals surface area contributed by atoms with E-state index in [4.69, 9.17) is 5.73 Å². The Balaban J connectivity index is 2.19. The first-order chi connectivity index (χ1) is 6.47. The van der Waals surface area contributed by atoms with Gasteiger partial charge in [0, 0.05) is 5.92 Å². The number of carbonyl (C=O) groups is 1. The van der Waals surface area contributed by atoms with Crippen LogP contribution < -0.4 is 5.73 Å². The van der Waals surface area contributed by atoms with E-state index in [9.17, 15) is 9.90 Å². The van der Waals surface area contributed by atoms with Crippen LogP contribution in [0.1, 0.15) is 26.7 Å². The van der Waals surface area contributed by atoms with Crippen molar-refractivity contribution < 1.29 is 9.90 Å². The number of fused-ring (bicyclic) bond motifs is 1. The third-order valence-electron chi connectivity index (χ3n) is 4.13. The van der Waals surface area contributed by atoms with Gasteiger partial charge in [-0.15, -0.1) is 0 Å². The number of aliphatic hydroxyl groups is 1. The molecule has 0 bridgehead atoms. The zero-order valence-electron chi connectivity index (χ0n) is 8.86. The van der Waals surface area contributed by atoms with Gasteiger partial charge in [-0.2, -0.15) is 0 Å². The van der Waals surface area contributed by atoms with Gasteiger partial charge in [0.2, 0.25) is 0 Å². The van der Waals surface area contributed by atoms with E-state index in [1.165, 1.54) is 0 Å². The summed E-state index contributed by atoms with van der Waals surface area (Å²) in [4.78, 5) is 11.5. The van der Waals surface area contributed by atoms with Gasteiger partial charge in [0.15, 0.2) is 0 Å². The van der Waals surface area contributed by atoms with Gasteiger partial charge < -0.3 is 10.8 Å². The lowest BCUT2D eigenvalue weighted by molar-refractivity contribution is -0.128. The lowest BCUT2D eigenvalue weighted by Crippen LogP contribution is -2.44. The minimum Gasteiger partial charge on any atom is -0.390 e. The van der Waals surface area contributed by atoms with Crippen LogP contribution in [0.2, 0.25) is 0 Å². The Morgan fingerprint density at radius 2 is 2.29 bits per heavy atom. The lowest BCUT2D eigenvalue weighted by atomic mass is 9.71. The van der Waals surface area contributed by atoms with Gasteiger partial charge in [0.05, 0.1) is 5.60 Å². The fourth-order valence-corrected chi connectivity index (χ4v) is 3.23. The topological polar surface area (TPSA) is 63.3 Å². The molecular weight excluding hydrogens is 178 g/mol. The van der Waals surface area contributed by atoms with Gasteiger partial charge in [-0.05, 0) is 51.0 Å². The largest absolute Gasteiger partial charge is 0.390 e. The fraction of sp³-hybridized carbons (Fsp3) is 0.909. The van der Waals surface area contributed by atoms with E-state index in [-0.39, 0.29) is 11.7 Å². The quantitative estimate of drug-likeness (QED) is 0.679. The summed E-state index contributed by atoms with van der Waals surface area (Å²) in [6.45, 7) is 4.06. The second-order valence-corrected chi connectivity index (χ2v) is 5.18. The van der Waals surface area contributed by atoms with Crippen molar-refractivity contribution in [2.45, 2.75) is 32.3 Å². The summed E-state index contributed by atoms with van der Waals surface area (Å²) in [5.74, 6) is 1.38. The van der Waals surface area contributed by atoms with Gasteiger partial charge in [0.1, 0.15) is 5.78 Å². The lowest BCUT2D eigenvalue weighted by Gasteiger charge is -2.37. The summed E-state index contributed by atoms with van der Waals surface area (Å²) in [5.41, 5.74) is 5.07. The Morgan fingerprint density at radius 1 is 1.64 bits per heavy atom. The molecule has 2 aliphatic carbocycles. The van der Waals surface area contributed by atoms with Crippen LogP contribution in [0.5, 0.6) is 0 Å². The fourth-order valence-electron chi connectivity index (χ4n) is 3.23. The van der Waals surface area contributed by atoms with Gasteiger partial charge in [0.25, 0.3) is 0 Å². The molecule has 0 spiro atoms. The van der Waals surface area contributed by atoms with Crippen molar-refractivity contribution in [2.75, 3.05) is 6.54 Å². The molecule has 0 radical (unpaired) electrons. The van der Waals surface area contributed by atoms with E-state index in [1.807, 2.05) is 6.92 Å². The molecule has 2 rings (SSSR count). The van der Waals surface area contributed by atoms with Crippen molar-refractivity contribution >= 4 is 5.78 Å². The van der Waals surface area contributed by atoms with E-state index in [0.29, 0.717) is 30.7 Å². The maximum Gasteiger partial charge on any atom is 0.133 e. The Labute approximate surface area is 84.7 Å². The molecule has 0 aromatic rings. The SMILES string of the molecule is CC(=O)C1CC(C)(O)C2CC2[C@@H]1CN. The number of hydrogen-bond acceptors (Lipinski definition) is 3. The summed E-state index contributed by atoms with van der Waals surface area (Å²) < 4.78 is 0. The first-order valence-electron chi connectivity index (χ1n) is 5.40. The number of rotatable bonds is 2. The van der Waals surface area contributed by atoms with Crippen molar-refractivity contribution in [2.24, 2.45) is 29.4 Å². The molecule has 0 amide bonds. The molecule has 80 valence electrons. The van der Waals surface area contributed by atoms with Crippen LogP contribution >= 0.6 is 0 Å². The highest BCUT2D eigenvalue weighted by Crippen LogP contribution is 2.59. The Hall–Kier alpha value is -0.410. The van der Waals surface area contributed by atoms with E-state index < -0.39 is 5.60 Å². The summed E-state index contributed by atoms with van der Waals surface area (Å²) in [6.07, 6.45) is 1.66. The maximum absolute atomic E-state index is 11.5. The van der Waals surface area contributed by atoms with Crippen LogP contribution in [0.15, 0.2) is 0 Å². The number of Topliss-reactive ketones (excluding diaryl/α,β-unsaturated/α-hetero) is 1. The average Bonchev–Trinajstić information content (AvgIpc) is 2.83. The van der Waals surface area contributed by atoms with Crippen molar-refractivity contribution in [3.8, 4) is 0 Å². The highest BCUT2D eigenvalue weighted by Gasteiger charge is 2.59. The zero-order chi connectivity index (χ0) is 10.5. The minimum atomic E-state index is -0.632. The average molecular weight is 197 g/mol. The smallest absolute Gasteiger partial charge is 0.133 e. The Bertz CT molecular complexity index is 262. The number of hydrogen-bond donors (Lipinski definition) is 2. The molecule has 2 aliphatic rings. The molecule has 2 fully saturated rings. The first kappa shape index (κ1) is 10.1. The molecule has 0 aromatic carbocycles. The van der Waals surface area contributed by atoms with Gasteiger partial charge >= 0.3 is 0 Å². The van der Waals surface area contributed by atoms with Crippen LogP contribution in [-0.2, 0) is 4.79 Å². The van der Waals surface area contributed by atoms with E-state index in [0.717, 1.165) is 6.42 Å². The monoisotopic (exact) mass is 197 g/mol. The molecule has 3 N–H and O–H groups in total. The van der Waals surface area contributed by atoms with Crippen LogP contribution in [0, 0.1) is 23.7 Å². The van der Waals surface area contributed by atoms with Crippen molar-refractivity contribution in [3.63, 3.8) is 0 Å².